The molecule has 5 heteroatoms. The monoisotopic (exact) mass is 361 g/mol. The van der Waals surface area contributed by atoms with Gasteiger partial charge in [0.1, 0.15) is 0 Å². The van der Waals surface area contributed by atoms with Crippen LogP contribution in [0.4, 0.5) is 0 Å². The number of likely N-dealkylation sites (tertiary alicyclic amines) is 1. The number of aliphatic hydroxyl groups excluding tert-OH is 1. The van der Waals surface area contributed by atoms with Gasteiger partial charge in [-0.15, -0.1) is 0 Å². The topological polar surface area (TPSA) is 43.7 Å². The molecule has 0 aromatic heterocycles. The molecule has 0 aliphatic carbocycles. The molecule has 1 saturated heterocycles. The largest absolute Gasteiger partial charge is 0.390 e. The maximum Gasteiger partial charge on any atom is 0.0816 e. The molecule has 0 radical (unpaired) electrons. The number of benzene rings is 1. The van der Waals surface area contributed by atoms with E-state index in [-0.39, 0.29) is 0 Å². The van der Waals surface area contributed by atoms with E-state index in [1.54, 1.807) is 6.07 Å². The highest BCUT2D eigenvalue weighted by Crippen LogP contribution is 2.29. The summed E-state index contributed by atoms with van der Waals surface area (Å²) in [6.07, 6.45) is 1.70. The van der Waals surface area contributed by atoms with E-state index in [0.29, 0.717) is 11.4 Å². The van der Waals surface area contributed by atoms with Gasteiger partial charge in [-0.05, 0) is 43.9 Å². The summed E-state index contributed by atoms with van der Waals surface area (Å²) in [4.78, 5) is 2.29. The minimum absolute atomic E-state index is 0.524. The van der Waals surface area contributed by atoms with Crippen molar-refractivity contribution in [2.75, 3.05) is 19.6 Å². The first-order chi connectivity index (χ1) is 9.37. The van der Waals surface area contributed by atoms with Crippen LogP contribution in [0.2, 0.25) is 5.02 Å². The highest BCUT2D eigenvalue weighted by atomic mass is 79.9. The molecule has 0 saturated carbocycles. The molecule has 1 aliphatic heterocycles. The number of halogens is 2. The Kier molecular flexibility index (Phi) is 5.49. The lowest BCUT2D eigenvalue weighted by Gasteiger charge is -2.36. The minimum Gasteiger partial charge on any atom is -0.390 e. The molecule has 1 heterocycles. The van der Waals surface area contributed by atoms with Crippen molar-refractivity contribution in [3.05, 3.63) is 33.3 Å². The molecule has 2 N–H and O–H groups in total. The Morgan fingerprint density at radius 1 is 1.40 bits per heavy atom. The molecular weight excluding hydrogens is 342 g/mol. The van der Waals surface area contributed by atoms with Gasteiger partial charge in [0, 0.05) is 29.1 Å². The molecular formula is C15H21BrClNO2. The number of hydrogen-bond donors (Lipinski definition) is 2. The number of aliphatic hydroxyl groups is 2. The molecule has 20 heavy (non-hydrogen) atoms. The second-order valence-electron chi connectivity index (χ2n) is 5.81. The summed E-state index contributed by atoms with van der Waals surface area (Å²) in [5.74, 6) is 0. The van der Waals surface area contributed by atoms with E-state index < -0.39 is 11.7 Å². The van der Waals surface area contributed by atoms with Crippen LogP contribution in [0.25, 0.3) is 0 Å². The molecule has 112 valence electrons. The maximum absolute atomic E-state index is 10.2. The zero-order valence-electron chi connectivity index (χ0n) is 11.6. The summed E-state index contributed by atoms with van der Waals surface area (Å²) < 4.78 is 0.914. The van der Waals surface area contributed by atoms with Gasteiger partial charge < -0.3 is 15.1 Å². The Bertz CT molecular complexity index is 457. The van der Waals surface area contributed by atoms with Gasteiger partial charge in [-0.1, -0.05) is 33.6 Å². The highest BCUT2D eigenvalue weighted by molar-refractivity contribution is 9.10. The number of hydrogen-bond acceptors (Lipinski definition) is 3. The number of nitrogens with zero attached hydrogens (tertiary/aromatic N) is 1. The quantitative estimate of drug-likeness (QED) is 0.863. The molecule has 1 aromatic rings. The van der Waals surface area contributed by atoms with Crippen LogP contribution in [0.3, 0.4) is 0 Å². The Morgan fingerprint density at radius 2 is 2.05 bits per heavy atom. The van der Waals surface area contributed by atoms with Crippen molar-refractivity contribution in [2.45, 2.75) is 37.9 Å². The predicted octanol–water partition coefficient (Wildman–Crippen LogP) is 3.37. The third-order valence-electron chi connectivity index (χ3n) is 3.97. The summed E-state index contributed by atoms with van der Waals surface area (Å²) in [5, 5.41) is 20.8. The van der Waals surface area contributed by atoms with Crippen LogP contribution in [0, 0.1) is 0 Å². The summed E-state index contributed by atoms with van der Waals surface area (Å²) in [6.45, 7) is 4.48. The fourth-order valence-electron chi connectivity index (χ4n) is 2.49. The normalized spacial score (nSPS) is 20.9. The van der Waals surface area contributed by atoms with Gasteiger partial charge >= 0.3 is 0 Å². The maximum atomic E-state index is 10.2. The first-order valence-corrected chi connectivity index (χ1v) is 8.12. The lowest BCUT2D eigenvalue weighted by molar-refractivity contribution is -0.00812. The van der Waals surface area contributed by atoms with Gasteiger partial charge in [-0.25, -0.2) is 0 Å². The Balaban J connectivity index is 1.85. The van der Waals surface area contributed by atoms with Crippen molar-refractivity contribution in [1.29, 1.82) is 0 Å². The van der Waals surface area contributed by atoms with Crippen molar-refractivity contribution >= 4 is 27.5 Å². The Hall–Kier alpha value is -0.130. The Labute approximate surface area is 133 Å². The van der Waals surface area contributed by atoms with E-state index in [1.165, 1.54) is 0 Å². The van der Waals surface area contributed by atoms with Crippen LogP contribution < -0.4 is 0 Å². The Morgan fingerprint density at radius 3 is 2.65 bits per heavy atom. The van der Waals surface area contributed by atoms with Crippen LogP contribution in [0.15, 0.2) is 22.7 Å². The smallest absolute Gasteiger partial charge is 0.0816 e. The predicted molar refractivity (Wildman–Crippen MR) is 85.0 cm³/mol. The zero-order valence-corrected chi connectivity index (χ0v) is 14.0. The third-order valence-corrected chi connectivity index (χ3v) is 4.79. The molecule has 1 atom stereocenters. The van der Waals surface area contributed by atoms with Crippen molar-refractivity contribution < 1.29 is 10.2 Å². The van der Waals surface area contributed by atoms with Gasteiger partial charge in [-0.2, -0.15) is 0 Å². The molecule has 0 bridgehead atoms. The molecule has 0 amide bonds. The molecule has 3 nitrogen and oxygen atoms in total. The third kappa shape index (κ3) is 4.43. The summed E-state index contributed by atoms with van der Waals surface area (Å²) >= 11 is 9.51. The summed E-state index contributed by atoms with van der Waals surface area (Å²) in [7, 11) is 0. The lowest BCUT2D eigenvalue weighted by Crippen LogP contribution is -2.42. The van der Waals surface area contributed by atoms with Crippen LogP contribution >= 0.6 is 27.5 Å². The fourth-order valence-corrected chi connectivity index (χ4v) is 3.29. The second-order valence-corrected chi connectivity index (χ2v) is 7.13. The molecule has 1 fully saturated rings. The second kappa shape index (κ2) is 6.75. The van der Waals surface area contributed by atoms with Crippen molar-refractivity contribution in [3.8, 4) is 0 Å². The van der Waals surface area contributed by atoms with E-state index >= 15 is 0 Å². The fraction of sp³-hybridized carbons (Fsp3) is 0.600. The first-order valence-electron chi connectivity index (χ1n) is 6.95. The van der Waals surface area contributed by atoms with Gasteiger partial charge in [0.05, 0.1) is 11.7 Å². The standard InChI is InChI=1S/C15H21BrClNO2/c1-15(20)5-8-18(9-6-15)7-4-14(19)12-3-2-11(16)10-13(12)17/h2-3,10,14,19-20H,4-9H2,1H3. The van der Waals surface area contributed by atoms with Crippen molar-refractivity contribution in [2.24, 2.45) is 0 Å². The van der Waals surface area contributed by atoms with Gasteiger partial charge in [0.25, 0.3) is 0 Å². The van der Waals surface area contributed by atoms with Crippen LogP contribution in [0.1, 0.15) is 37.9 Å². The zero-order chi connectivity index (χ0) is 14.8. The molecule has 0 spiro atoms. The molecule has 1 aromatic carbocycles. The van der Waals surface area contributed by atoms with Gasteiger partial charge in [0.2, 0.25) is 0 Å². The van der Waals surface area contributed by atoms with Crippen LogP contribution in [-0.4, -0.2) is 40.3 Å². The highest BCUT2D eigenvalue weighted by Gasteiger charge is 2.27. The van der Waals surface area contributed by atoms with E-state index in [2.05, 4.69) is 20.8 Å². The van der Waals surface area contributed by atoms with Crippen molar-refractivity contribution in [3.63, 3.8) is 0 Å². The average molecular weight is 363 g/mol. The average Bonchev–Trinajstić information content (AvgIpc) is 2.37. The van der Waals surface area contributed by atoms with E-state index in [0.717, 1.165) is 42.5 Å². The number of rotatable bonds is 4. The summed E-state index contributed by atoms with van der Waals surface area (Å²) in [6, 6.07) is 5.55. The van der Waals surface area contributed by atoms with Crippen LogP contribution in [0.5, 0.6) is 0 Å². The number of piperidine rings is 1. The van der Waals surface area contributed by atoms with Gasteiger partial charge in [0.15, 0.2) is 0 Å². The van der Waals surface area contributed by atoms with Crippen LogP contribution in [-0.2, 0) is 0 Å². The molecule has 1 unspecified atom stereocenters. The lowest BCUT2D eigenvalue weighted by atomic mass is 9.93. The molecule has 2 rings (SSSR count). The summed E-state index contributed by atoms with van der Waals surface area (Å²) in [5.41, 5.74) is 0.253. The van der Waals surface area contributed by atoms with E-state index in [1.807, 2.05) is 19.1 Å². The minimum atomic E-state index is -0.543. The SMILES string of the molecule is CC1(O)CCN(CCC(O)c2ccc(Br)cc2Cl)CC1. The van der Waals surface area contributed by atoms with Gasteiger partial charge in [-0.3, -0.25) is 0 Å². The van der Waals surface area contributed by atoms with E-state index in [4.69, 9.17) is 11.6 Å². The molecule has 1 aliphatic rings. The van der Waals surface area contributed by atoms with Crippen molar-refractivity contribution in [1.82, 2.24) is 4.90 Å². The first kappa shape index (κ1) is 16.2. The van der Waals surface area contributed by atoms with E-state index in [9.17, 15) is 10.2 Å².